The molecule has 3 aromatic rings. The first-order valence-electron chi connectivity index (χ1n) is 10.6. The van der Waals surface area contributed by atoms with Gasteiger partial charge in [0.15, 0.2) is 11.6 Å². The average Bonchev–Trinajstić information content (AvgIpc) is 2.84. The van der Waals surface area contributed by atoms with E-state index in [9.17, 15) is 4.39 Å². The maximum absolute atomic E-state index is 13.3. The summed E-state index contributed by atoms with van der Waals surface area (Å²) in [5.74, 6) is 1.23. The van der Waals surface area contributed by atoms with Crippen molar-refractivity contribution < 1.29 is 4.39 Å². The molecule has 8 heteroatoms. The second-order valence-electron chi connectivity index (χ2n) is 7.58. The third-order valence-corrected chi connectivity index (χ3v) is 5.46. The summed E-state index contributed by atoms with van der Waals surface area (Å²) < 4.78 is 13.3. The Hall–Kier alpha value is -3.65. The van der Waals surface area contributed by atoms with Crippen molar-refractivity contribution in [1.29, 1.82) is 0 Å². The van der Waals surface area contributed by atoms with E-state index >= 15 is 0 Å². The van der Waals surface area contributed by atoms with Gasteiger partial charge in [-0.1, -0.05) is 6.07 Å². The van der Waals surface area contributed by atoms with Crippen LogP contribution in [0, 0.1) is 5.82 Å². The molecule has 0 amide bonds. The normalized spacial score (nSPS) is 15.8. The zero-order valence-electron chi connectivity index (χ0n) is 18.0. The zero-order valence-corrected chi connectivity index (χ0v) is 18.0. The van der Waals surface area contributed by atoms with Crippen molar-refractivity contribution in [1.82, 2.24) is 19.9 Å². The Morgan fingerprint density at radius 3 is 2.44 bits per heavy atom. The number of nitrogens with zero attached hydrogens (tertiary/aromatic N) is 6. The van der Waals surface area contributed by atoms with Crippen molar-refractivity contribution in [2.24, 2.45) is 10.7 Å². The van der Waals surface area contributed by atoms with Crippen LogP contribution in [-0.4, -0.2) is 58.3 Å². The SMILES string of the molecule is CC(=N\c1ccccn1)/C(=C\N)CN1CCN(c2nccnc2-c2ccc(F)cc2)CC1. The van der Waals surface area contributed by atoms with Gasteiger partial charge in [-0.25, -0.2) is 19.4 Å². The van der Waals surface area contributed by atoms with Crippen molar-refractivity contribution in [3.8, 4) is 11.3 Å². The Balaban J connectivity index is 1.42. The van der Waals surface area contributed by atoms with Gasteiger partial charge in [-0.3, -0.25) is 9.88 Å². The minimum absolute atomic E-state index is 0.265. The fraction of sp³-hybridized carbons (Fsp3) is 0.250. The summed E-state index contributed by atoms with van der Waals surface area (Å²) in [5, 5.41) is 0. The Morgan fingerprint density at radius 2 is 1.75 bits per heavy atom. The van der Waals surface area contributed by atoms with Crippen LogP contribution in [0.3, 0.4) is 0 Å². The topological polar surface area (TPSA) is 83.5 Å². The van der Waals surface area contributed by atoms with Crippen LogP contribution in [-0.2, 0) is 0 Å². The van der Waals surface area contributed by atoms with Gasteiger partial charge >= 0.3 is 0 Å². The number of nitrogens with two attached hydrogens (primary N) is 1. The van der Waals surface area contributed by atoms with Gasteiger partial charge in [0.2, 0.25) is 0 Å². The molecule has 1 aliphatic heterocycles. The van der Waals surface area contributed by atoms with Crippen LogP contribution in [0.5, 0.6) is 0 Å². The third-order valence-electron chi connectivity index (χ3n) is 5.46. The molecule has 164 valence electrons. The predicted molar refractivity (Wildman–Crippen MR) is 125 cm³/mol. The predicted octanol–water partition coefficient (Wildman–Crippen LogP) is 3.43. The average molecular weight is 432 g/mol. The summed E-state index contributed by atoms with van der Waals surface area (Å²) >= 11 is 0. The van der Waals surface area contributed by atoms with Gasteiger partial charge in [0.25, 0.3) is 0 Å². The zero-order chi connectivity index (χ0) is 22.3. The van der Waals surface area contributed by atoms with E-state index in [2.05, 4.69) is 29.7 Å². The van der Waals surface area contributed by atoms with E-state index in [4.69, 9.17) is 5.73 Å². The van der Waals surface area contributed by atoms with Gasteiger partial charge in [0.1, 0.15) is 11.5 Å². The number of piperazine rings is 1. The van der Waals surface area contributed by atoms with Crippen LogP contribution in [0.4, 0.5) is 16.0 Å². The first-order chi connectivity index (χ1) is 15.6. The maximum Gasteiger partial charge on any atom is 0.155 e. The monoisotopic (exact) mass is 431 g/mol. The minimum atomic E-state index is -0.265. The van der Waals surface area contributed by atoms with Crippen LogP contribution in [0.15, 0.2) is 77.8 Å². The number of halogens is 1. The number of pyridine rings is 1. The first kappa shape index (κ1) is 21.6. The molecule has 7 nitrogen and oxygen atoms in total. The molecule has 1 aliphatic rings. The molecule has 0 spiro atoms. The second kappa shape index (κ2) is 10.1. The summed E-state index contributed by atoms with van der Waals surface area (Å²) in [6.07, 6.45) is 6.72. The summed E-state index contributed by atoms with van der Waals surface area (Å²) in [6, 6.07) is 12.0. The van der Waals surface area contributed by atoms with Crippen LogP contribution < -0.4 is 10.6 Å². The van der Waals surface area contributed by atoms with E-state index in [0.29, 0.717) is 5.82 Å². The van der Waals surface area contributed by atoms with Crippen molar-refractivity contribution in [2.45, 2.75) is 6.92 Å². The molecule has 3 heterocycles. The lowest BCUT2D eigenvalue weighted by molar-refractivity contribution is 0.280. The maximum atomic E-state index is 13.3. The minimum Gasteiger partial charge on any atom is -0.404 e. The van der Waals surface area contributed by atoms with E-state index in [1.807, 2.05) is 25.1 Å². The second-order valence-corrected chi connectivity index (χ2v) is 7.58. The number of aliphatic imine (C=N–C) groups is 1. The van der Waals surface area contributed by atoms with Gasteiger partial charge in [-0.2, -0.15) is 0 Å². The number of aromatic nitrogens is 3. The van der Waals surface area contributed by atoms with Crippen molar-refractivity contribution >= 4 is 17.3 Å². The van der Waals surface area contributed by atoms with E-state index < -0.39 is 0 Å². The summed E-state index contributed by atoms with van der Waals surface area (Å²) in [5.41, 5.74) is 9.38. The van der Waals surface area contributed by atoms with E-state index in [1.54, 1.807) is 36.9 Å². The number of hydrogen-bond donors (Lipinski definition) is 1. The fourth-order valence-electron chi connectivity index (χ4n) is 3.68. The molecule has 0 atom stereocenters. The lowest BCUT2D eigenvalue weighted by Crippen LogP contribution is -2.47. The van der Waals surface area contributed by atoms with E-state index in [-0.39, 0.29) is 5.82 Å². The quantitative estimate of drug-likeness (QED) is 0.602. The van der Waals surface area contributed by atoms with Crippen LogP contribution in [0.25, 0.3) is 11.3 Å². The Bertz CT molecular complexity index is 1090. The molecule has 1 fully saturated rings. The Morgan fingerprint density at radius 1 is 1.00 bits per heavy atom. The van der Waals surface area contributed by atoms with Gasteiger partial charge in [-0.05, 0) is 43.3 Å². The highest BCUT2D eigenvalue weighted by Gasteiger charge is 2.22. The smallest absolute Gasteiger partial charge is 0.155 e. The largest absolute Gasteiger partial charge is 0.404 e. The number of benzene rings is 1. The first-order valence-corrected chi connectivity index (χ1v) is 10.6. The molecular formula is C24H26FN7. The molecule has 1 saturated heterocycles. The highest BCUT2D eigenvalue weighted by atomic mass is 19.1. The molecule has 0 saturated carbocycles. The third kappa shape index (κ3) is 5.15. The highest BCUT2D eigenvalue weighted by Crippen LogP contribution is 2.27. The lowest BCUT2D eigenvalue weighted by atomic mass is 10.1. The molecule has 0 radical (unpaired) electrons. The van der Waals surface area contributed by atoms with Gasteiger partial charge < -0.3 is 10.6 Å². The number of anilines is 1. The van der Waals surface area contributed by atoms with Crippen LogP contribution >= 0.6 is 0 Å². The van der Waals surface area contributed by atoms with Crippen molar-refractivity contribution in [3.63, 3.8) is 0 Å². The number of hydrogen-bond acceptors (Lipinski definition) is 7. The molecule has 2 aromatic heterocycles. The molecule has 0 aliphatic carbocycles. The molecule has 1 aromatic carbocycles. The summed E-state index contributed by atoms with van der Waals surface area (Å²) in [4.78, 5) is 22.5. The molecule has 2 N–H and O–H groups in total. The van der Waals surface area contributed by atoms with Crippen molar-refractivity contribution in [2.75, 3.05) is 37.6 Å². The standard InChI is InChI=1S/C24H26FN7/c1-18(30-22-4-2-3-9-27-22)20(16-26)17-31-12-14-32(15-13-31)24-23(28-10-11-29-24)19-5-7-21(25)8-6-19/h2-11,16H,12-15,17,26H2,1H3/b20-16-,30-18+. The summed E-state index contributed by atoms with van der Waals surface area (Å²) in [7, 11) is 0. The highest BCUT2D eigenvalue weighted by molar-refractivity contribution is 5.99. The Labute approximate surface area is 187 Å². The lowest BCUT2D eigenvalue weighted by Gasteiger charge is -2.36. The molecule has 4 rings (SSSR count). The Kier molecular flexibility index (Phi) is 6.81. The van der Waals surface area contributed by atoms with Gasteiger partial charge in [0, 0.05) is 74.4 Å². The van der Waals surface area contributed by atoms with Crippen LogP contribution in [0.1, 0.15) is 6.92 Å². The fourth-order valence-corrected chi connectivity index (χ4v) is 3.68. The van der Waals surface area contributed by atoms with Gasteiger partial charge in [0.05, 0.1) is 0 Å². The van der Waals surface area contributed by atoms with Crippen molar-refractivity contribution in [3.05, 3.63) is 78.6 Å². The van der Waals surface area contributed by atoms with E-state index in [0.717, 1.165) is 61.1 Å². The summed E-state index contributed by atoms with van der Waals surface area (Å²) in [6.45, 7) is 6.00. The molecule has 0 bridgehead atoms. The molecule has 0 unspecified atom stereocenters. The molecule has 32 heavy (non-hydrogen) atoms. The van der Waals surface area contributed by atoms with Gasteiger partial charge in [-0.15, -0.1) is 0 Å². The number of rotatable bonds is 6. The van der Waals surface area contributed by atoms with E-state index in [1.165, 1.54) is 12.1 Å². The van der Waals surface area contributed by atoms with Crippen LogP contribution in [0.2, 0.25) is 0 Å². The molecular weight excluding hydrogens is 405 g/mol.